The van der Waals surface area contributed by atoms with Gasteiger partial charge in [0.25, 0.3) is 0 Å². The minimum atomic E-state index is -0.747. The van der Waals surface area contributed by atoms with E-state index in [0.717, 1.165) is 31.2 Å². The highest BCUT2D eigenvalue weighted by Gasteiger charge is 2.18. The summed E-state index contributed by atoms with van der Waals surface area (Å²) in [7, 11) is 0. The van der Waals surface area contributed by atoms with Crippen LogP contribution < -0.4 is 9.47 Å². The third-order valence-corrected chi connectivity index (χ3v) is 4.21. The Bertz CT molecular complexity index is 827. The van der Waals surface area contributed by atoms with Gasteiger partial charge in [0.1, 0.15) is 11.5 Å². The molecule has 28 heavy (non-hydrogen) atoms. The number of rotatable bonds is 8. The van der Waals surface area contributed by atoms with E-state index in [1.807, 2.05) is 39.0 Å². The lowest BCUT2D eigenvalue weighted by Crippen LogP contribution is -2.14. The minimum Gasteiger partial charge on any atom is -0.434 e. The molecule has 0 saturated heterocycles. The van der Waals surface area contributed by atoms with Gasteiger partial charge < -0.3 is 18.9 Å². The zero-order chi connectivity index (χ0) is 20.5. The molecule has 0 aliphatic rings. The minimum absolute atomic E-state index is 0.316. The van der Waals surface area contributed by atoms with E-state index in [1.54, 1.807) is 13.0 Å². The normalized spacial score (nSPS) is 10.6. The smallest absolute Gasteiger partial charge is 0.434 e. The Kier molecular flexibility index (Phi) is 8.11. The van der Waals surface area contributed by atoms with E-state index in [2.05, 4.69) is 0 Å². The SMILES string of the molecule is CCCCOC(=O)Oc1cc(C)c(OC(=O)OCCCC)c2ccc(C)cc12. The van der Waals surface area contributed by atoms with Gasteiger partial charge in [0, 0.05) is 10.8 Å². The van der Waals surface area contributed by atoms with Crippen molar-refractivity contribution in [1.82, 2.24) is 0 Å². The number of unbranched alkanes of at least 4 members (excludes halogenated alkanes) is 2. The fourth-order valence-electron chi connectivity index (χ4n) is 2.66. The first kappa shape index (κ1) is 21.5. The number of carbonyl (C=O) groups excluding carboxylic acids is 2. The van der Waals surface area contributed by atoms with Crippen LogP contribution in [0, 0.1) is 13.8 Å². The van der Waals surface area contributed by atoms with Crippen LogP contribution in [0.15, 0.2) is 24.3 Å². The second-order valence-corrected chi connectivity index (χ2v) is 6.68. The Morgan fingerprint density at radius 3 is 2.04 bits per heavy atom. The van der Waals surface area contributed by atoms with E-state index in [9.17, 15) is 9.59 Å². The molecule has 2 aromatic rings. The van der Waals surface area contributed by atoms with Crippen LogP contribution in [0.2, 0.25) is 0 Å². The molecular formula is C22H28O6. The van der Waals surface area contributed by atoms with Gasteiger partial charge in [0.05, 0.1) is 13.2 Å². The molecule has 0 bridgehead atoms. The first-order valence-corrected chi connectivity index (χ1v) is 9.69. The van der Waals surface area contributed by atoms with Crippen LogP contribution in [0.4, 0.5) is 9.59 Å². The van der Waals surface area contributed by atoms with Crippen molar-refractivity contribution in [1.29, 1.82) is 0 Å². The Balaban J connectivity index is 2.29. The van der Waals surface area contributed by atoms with Crippen molar-refractivity contribution in [2.24, 2.45) is 0 Å². The van der Waals surface area contributed by atoms with Gasteiger partial charge in [-0.1, -0.05) is 44.4 Å². The first-order valence-electron chi connectivity index (χ1n) is 9.69. The van der Waals surface area contributed by atoms with Crippen LogP contribution in [-0.2, 0) is 9.47 Å². The summed E-state index contributed by atoms with van der Waals surface area (Å²) in [6, 6.07) is 7.28. The lowest BCUT2D eigenvalue weighted by molar-refractivity contribution is 0.0961. The molecule has 0 amide bonds. The van der Waals surface area contributed by atoms with Gasteiger partial charge in [0.15, 0.2) is 0 Å². The molecule has 0 saturated carbocycles. The summed E-state index contributed by atoms with van der Waals surface area (Å²) in [6.07, 6.45) is 1.92. The molecule has 2 rings (SSSR count). The maximum atomic E-state index is 12.0. The van der Waals surface area contributed by atoms with E-state index in [1.165, 1.54) is 0 Å². The summed E-state index contributed by atoms with van der Waals surface area (Å²) < 4.78 is 21.1. The van der Waals surface area contributed by atoms with Crippen molar-refractivity contribution in [2.45, 2.75) is 53.4 Å². The molecule has 0 aromatic heterocycles. The van der Waals surface area contributed by atoms with Crippen molar-refractivity contribution in [3.8, 4) is 11.5 Å². The Labute approximate surface area is 165 Å². The molecule has 6 heteroatoms. The number of ether oxygens (including phenoxy) is 4. The highest BCUT2D eigenvalue weighted by atomic mass is 16.7. The summed E-state index contributed by atoms with van der Waals surface area (Å²) in [6.45, 7) is 8.37. The molecule has 0 N–H and O–H groups in total. The van der Waals surface area contributed by atoms with E-state index < -0.39 is 12.3 Å². The van der Waals surface area contributed by atoms with Gasteiger partial charge in [-0.15, -0.1) is 0 Å². The molecule has 0 aliphatic heterocycles. The number of fused-ring (bicyclic) bond motifs is 1. The number of hydrogen-bond donors (Lipinski definition) is 0. The molecule has 0 unspecified atom stereocenters. The summed E-state index contributed by atoms with van der Waals surface area (Å²) in [5, 5.41) is 1.32. The van der Waals surface area contributed by atoms with E-state index >= 15 is 0 Å². The average molecular weight is 388 g/mol. The van der Waals surface area contributed by atoms with Gasteiger partial charge in [-0.05, 0) is 44.4 Å². The van der Waals surface area contributed by atoms with Crippen molar-refractivity contribution in [3.05, 3.63) is 35.4 Å². The maximum Gasteiger partial charge on any atom is 0.513 e. The molecular weight excluding hydrogens is 360 g/mol. The molecule has 6 nitrogen and oxygen atoms in total. The molecule has 0 fully saturated rings. The van der Waals surface area contributed by atoms with Crippen LogP contribution in [0.3, 0.4) is 0 Å². The third kappa shape index (κ3) is 5.87. The first-order chi connectivity index (χ1) is 13.5. The fourth-order valence-corrected chi connectivity index (χ4v) is 2.66. The standard InChI is InChI=1S/C22H28O6/c1-5-7-11-25-21(23)27-19-14-16(4)20(28-22(24)26-12-8-6-2)17-10-9-15(3)13-18(17)19/h9-10,13-14H,5-8,11-12H2,1-4H3. The molecule has 0 heterocycles. The molecule has 0 atom stereocenters. The summed E-state index contributed by atoms with van der Waals surface area (Å²) in [5.74, 6) is 0.757. The number of aryl methyl sites for hydroxylation is 2. The average Bonchev–Trinajstić information content (AvgIpc) is 2.65. The number of benzene rings is 2. The van der Waals surface area contributed by atoms with Crippen molar-refractivity contribution in [2.75, 3.05) is 13.2 Å². The van der Waals surface area contributed by atoms with Crippen molar-refractivity contribution < 1.29 is 28.5 Å². The van der Waals surface area contributed by atoms with E-state index in [-0.39, 0.29) is 0 Å². The highest BCUT2D eigenvalue weighted by Crippen LogP contribution is 2.37. The van der Waals surface area contributed by atoms with Crippen molar-refractivity contribution >= 4 is 23.1 Å². The summed E-state index contributed by atoms with van der Waals surface area (Å²) in [5.41, 5.74) is 1.64. The number of hydrogen-bond acceptors (Lipinski definition) is 6. The predicted molar refractivity (Wildman–Crippen MR) is 107 cm³/mol. The Morgan fingerprint density at radius 1 is 0.821 bits per heavy atom. The third-order valence-electron chi connectivity index (χ3n) is 4.21. The van der Waals surface area contributed by atoms with Crippen LogP contribution in [0.25, 0.3) is 10.8 Å². The zero-order valence-electron chi connectivity index (χ0n) is 17.0. The quantitative estimate of drug-likeness (QED) is 0.310. The van der Waals surface area contributed by atoms with Crippen LogP contribution in [0.5, 0.6) is 11.5 Å². The van der Waals surface area contributed by atoms with E-state index in [4.69, 9.17) is 18.9 Å². The zero-order valence-corrected chi connectivity index (χ0v) is 17.0. The van der Waals surface area contributed by atoms with Gasteiger partial charge in [0.2, 0.25) is 0 Å². The lowest BCUT2D eigenvalue weighted by atomic mass is 10.0. The van der Waals surface area contributed by atoms with Crippen LogP contribution in [-0.4, -0.2) is 25.5 Å². The summed E-state index contributed by atoms with van der Waals surface area (Å²) in [4.78, 5) is 24.0. The Hall–Kier alpha value is -2.76. The topological polar surface area (TPSA) is 71.1 Å². The Morgan fingerprint density at radius 2 is 1.43 bits per heavy atom. The van der Waals surface area contributed by atoms with E-state index in [0.29, 0.717) is 41.0 Å². The number of carbonyl (C=O) groups is 2. The predicted octanol–water partition coefficient (Wildman–Crippen LogP) is 6.09. The largest absolute Gasteiger partial charge is 0.513 e. The molecule has 2 aromatic carbocycles. The van der Waals surface area contributed by atoms with Gasteiger partial charge in [-0.25, -0.2) is 9.59 Å². The van der Waals surface area contributed by atoms with Gasteiger partial charge >= 0.3 is 12.3 Å². The molecule has 0 radical (unpaired) electrons. The van der Waals surface area contributed by atoms with Gasteiger partial charge in [-0.3, -0.25) is 0 Å². The monoisotopic (exact) mass is 388 g/mol. The molecule has 0 spiro atoms. The second-order valence-electron chi connectivity index (χ2n) is 6.68. The van der Waals surface area contributed by atoms with Crippen LogP contribution in [0.1, 0.15) is 50.7 Å². The second kappa shape index (κ2) is 10.5. The van der Waals surface area contributed by atoms with Crippen molar-refractivity contribution in [3.63, 3.8) is 0 Å². The highest BCUT2D eigenvalue weighted by molar-refractivity contribution is 5.97. The molecule has 0 aliphatic carbocycles. The van der Waals surface area contributed by atoms with Crippen LogP contribution >= 0.6 is 0 Å². The summed E-state index contributed by atoms with van der Waals surface area (Å²) >= 11 is 0. The maximum absolute atomic E-state index is 12.0. The lowest BCUT2D eigenvalue weighted by Gasteiger charge is -2.15. The fraction of sp³-hybridized carbons (Fsp3) is 0.455. The van der Waals surface area contributed by atoms with Gasteiger partial charge in [-0.2, -0.15) is 0 Å². The molecule has 152 valence electrons.